The summed E-state index contributed by atoms with van der Waals surface area (Å²) in [6.07, 6.45) is 8.42. The SMILES string of the molecule is CCn1ccnc1CN(C(=O)C1CC1c1ccccc1)C1CC12CCNCC2. The van der Waals surface area contributed by atoms with Crippen LogP contribution in [0.5, 0.6) is 0 Å². The monoisotopic (exact) mass is 378 g/mol. The van der Waals surface area contributed by atoms with Crippen molar-refractivity contribution < 1.29 is 4.79 Å². The number of carbonyl (C=O) groups is 1. The fourth-order valence-electron chi connectivity index (χ4n) is 5.25. The first-order valence-electron chi connectivity index (χ1n) is 10.8. The van der Waals surface area contributed by atoms with Crippen LogP contribution in [-0.4, -0.2) is 39.5 Å². The molecule has 2 heterocycles. The zero-order valence-electron chi connectivity index (χ0n) is 16.7. The van der Waals surface area contributed by atoms with Crippen molar-refractivity contribution in [3.05, 3.63) is 54.1 Å². The lowest BCUT2D eigenvalue weighted by Crippen LogP contribution is -2.40. The zero-order valence-corrected chi connectivity index (χ0v) is 16.7. The van der Waals surface area contributed by atoms with Crippen molar-refractivity contribution in [3.63, 3.8) is 0 Å². The Labute approximate surface area is 167 Å². The van der Waals surface area contributed by atoms with Crippen molar-refractivity contribution in [2.24, 2.45) is 11.3 Å². The van der Waals surface area contributed by atoms with Crippen molar-refractivity contribution in [1.29, 1.82) is 0 Å². The Morgan fingerprint density at radius 1 is 1.29 bits per heavy atom. The zero-order chi connectivity index (χ0) is 19.1. The molecule has 3 unspecified atom stereocenters. The minimum atomic E-state index is 0.145. The summed E-state index contributed by atoms with van der Waals surface area (Å²) in [6.45, 7) is 5.84. The van der Waals surface area contributed by atoms with Crippen LogP contribution in [0.15, 0.2) is 42.7 Å². The third kappa shape index (κ3) is 3.16. The Kier molecular flexibility index (Phi) is 4.50. The van der Waals surface area contributed by atoms with E-state index in [0.29, 0.717) is 29.8 Å². The normalized spacial score (nSPS) is 27.5. The molecule has 2 aromatic rings. The van der Waals surface area contributed by atoms with Crippen molar-refractivity contribution in [2.75, 3.05) is 13.1 Å². The summed E-state index contributed by atoms with van der Waals surface area (Å²) in [7, 11) is 0. The van der Waals surface area contributed by atoms with E-state index in [1.54, 1.807) is 0 Å². The second-order valence-corrected chi connectivity index (χ2v) is 8.79. The largest absolute Gasteiger partial charge is 0.334 e. The lowest BCUT2D eigenvalue weighted by Gasteiger charge is -2.30. The standard InChI is InChI=1S/C23H30N4O/c1-2-26-13-12-25-21(26)16-27(20-15-23(20)8-10-24-11-9-23)22(28)19-14-18(19)17-6-4-3-5-7-17/h3-7,12-13,18-20,24H,2,8-11,14-16H2,1H3. The maximum Gasteiger partial charge on any atom is 0.226 e. The number of hydrogen-bond donors (Lipinski definition) is 1. The first-order chi connectivity index (χ1) is 13.7. The lowest BCUT2D eigenvalue weighted by molar-refractivity contribution is -0.134. The van der Waals surface area contributed by atoms with Crippen molar-refractivity contribution >= 4 is 5.91 Å². The van der Waals surface area contributed by atoms with Gasteiger partial charge in [0.2, 0.25) is 5.91 Å². The van der Waals surface area contributed by atoms with Crippen LogP contribution in [0.2, 0.25) is 0 Å². The van der Waals surface area contributed by atoms with E-state index in [4.69, 9.17) is 0 Å². The van der Waals surface area contributed by atoms with Gasteiger partial charge in [-0.2, -0.15) is 0 Å². The summed E-state index contributed by atoms with van der Waals surface area (Å²) in [5, 5.41) is 3.48. The Hall–Kier alpha value is -2.14. The number of rotatable bonds is 6. The second-order valence-electron chi connectivity index (χ2n) is 8.79. The van der Waals surface area contributed by atoms with E-state index in [2.05, 4.69) is 51.0 Å². The molecule has 2 aliphatic carbocycles. The molecule has 3 atom stereocenters. The van der Waals surface area contributed by atoms with E-state index < -0.39 is 0 Å². The average molecular weight is 379 g/mol. The number of benzene rings is 1. The molecule has 5 nitrogen and oxygen atoms in total. The molecule has 2 saturated carbocycles. The summed E-state index contributed by atoms with van der Waals surface area (Å²) in [5.74, 6) is 1.90. The van der Waals surface area contributed by atoms with Gasteiger partial charge < -0.3 is 14.8 Å². The molecule has 1 aromatic heterocycles. The fourth-order valence-corrected chi connectivity index (χ4v) is 5.25. The van der Waals surface area contributed by atoms with Crippen molar-refractivity contribution in [3.8, 4) is 0 Å². The van der Waals surface area contributed by atoms with Gasteiger partial charge in [0, 0.05) is 30.9 Å². The number of aryl methyl sites for hydroxylation is 1. The molecule has 3 fully saturated rings. The van der Waals surface area contributed by atoms with Gasteiger partial charge >= 0.3 is 0 Å². The van der Waals surface area contributed by atoms with E-state index in [-0.39, 0.29) is 5.92 Å². The number of nitrogens with zero attached hydrogens (tertiary/aromatic N) is 3. The van der Waals surface area contributed by atoms with Crippen LogP contribution in [-0.2, 0) is 17.9 Å². The Morgan fingerprint density at radius 2 is 2.07 bits per heavy atom. The smallest absolute Gasteiger partial charge is 0.226 e. The number of hydrogen-bond acceptors (Lipinski definition) is 3. The Morgan fingerprint density at radius 3 is 2.82 bits per heavy atom. The summed E-state index contributed by atoms with van der Waals surface area (Å²) in [4.78, 5) is 20.4. The summed E-state index contributed by atoms with van der Waals surface area (Å²) in [5.41, 5.74) is 1.66. The van der Waals surface area contributed by atoms with Gasteiger partial charge in [0.05, 0.1) is 6.54 Å². The third-order valence-corrected chi connectivity index (χ3v) is 7.19. The first-order valence-corrected chi connectivity index (χ1v) is 10.8. The molecule has 28 heavy (non-hydrogen) atoms. The number of piperidine rings is 1. The highest BCUT2D eigenvalue weighted by molar-refractivity contribution is 5.83. The molecule has 1 amide bonds. The third-order valence-electron chi connectivity index (χ3n) is 7.19. The molecule has 5 heteroatoms. The average Bonchev–Trinajstić information content (AvgIpc) is 3.62. The molecule has 3 aliphatic rings. The predicted octanol–water partition coefficient (Wildman–Crippen LogP) is 3.18. The van der Waals surface area contributed by atoms with Gasteiger partial charge in [-0.3, -0.25) is 4.79 Å². The molecule has 1 spiro atoms. The maximum absolute atomic E-state index is 13.6. The minimum absolute atomic E-state index is 0.145. The highest BCUT2D eigenvalue weighted by Crippen LogP contribution is 2.58. The lowest BCUT2D eigenvalue weighted by atomic mass is 9.93. The molecule has 0 radical (unpaired) electrons. The Balaban J connectivity index is 1.36. The topological polar surface area (TPSA) is 50.2 Å². The van der Waals surface area contributed by atoms with Crippen LogP contribution in [0.3, 0.4) is 0 Å². The highest BCUT2D eigenvalue weighted by Gasteiger charge is 2.59. The number of aromatic nitrogens is 2. The summed E-state index contributed by atoms with van der Waals surface area (Å²) < 4.78 is 2.17. The van der Waals surface area contributed by atoms with E-state index in [1.807, 2.05) is 18.5 Å². The van der Waals surface area contributed by atoms with Gasteiger partial charge in [0.15, 0.2) is 0 Å². The predicted molar refractivity (Wildman–Crippen MR) is 109 cm³/mol. The van der Waals surface area contributed by atoms with Gasteiger partial charge in [-0.05, 0) is 62.6 Å². The molecule has 1 N–H and O–H groups in total. The molecule has 1 aliphatic heterocycles. The van der Waals surface area contributed by atoms with E-state index in [1.165, 1.54) is 18.4 Å². The molecular formula is C23H30N4O. The number of amides is 1. The molecular weight excluding hydrogens is 348 g/mol. The van der Waals surface area contributed by atoms with Crippen LogP contribution in [0.1, 0.15) is 49.9 Å². The van der Waals surface area contributed by atoms with Crippen LogP contribution < -0.4 is 5.32 Å². The minimum Gasteiger partial charge on any atom is -0.334 e. The van der Waals surface area contributed by atoms with Gasteiger partial charge in [-0.25, -0.2) is 4.98 Å². The van der Waals surface area contributed by atoms with Gasteiger partial charge in [0.25, 0.3) is 0 Å². The second kappa shape index (κ2) is 7.03. The van der Waals surface area contributed by atoms with Gasteiger partial charge in [0.1, 0.15) is 5.82 Å². The quantitative estimate of drug-likeness (QED) is 0.840. The van der Waals surface area contributed by atoms with E-state index in [9.17, 15) is 4.79 Å². The van der Waals surface area contributed by atoms with Gasteiger partial charge in [-0.1, -0.05) is 30.3 Å². The van der Waals surface area contributed by atoms with Crippen LogP contribution >= 0.6 is 0 Å². The first kappa shape index (κ1) is 17.9. The highest BCUT2D eigenvalue weighted by atomic mass is 16.2. The molecule has 1 saturated heterocycles. The van der Waals surface area contributed by atoms with Crippen LogP contribution in [0.4, 0.5) is 0 Å². The van der Waals surface area contributed by atoms with Crippen LogP contribution in [0, 0.1) is 11.3 Å². The number of imidazole rings is 1. The van der Waals surface area contributed by atoms with E-state index in [0.717, 1.165) is 38.3 Å². The number of nitrogens with one attached hydrogen (secondary N) is 1. The van der Waals surface area contributed by atoms with Crippen molar-refractivity contribution in [1.82, 2.24) is 19.8 Å². The summed E-state index contributed by atoms with van der Waals surface area (Å²) in [6, 6.07) is 10.9. The Bertz CT molecular complexity index is 839. The molecule has 0 bridgehead atoms. The number of carbonyl (C=O) groups excluding carboxylic acids is 1. The van der Waals surface area contributed by atoms with Crippen molar-refractivity contribution in [2.45, 2.75) is 57.7 Å². The van der Waals surface area contributed by atoms with Crippen LogP contribution in [0.25, 0.3) is 0 Å². The molecule has 1 aromatic carbocycles. The summed E-state index contributed by atoms with van der Waals surface area (Å²) >= 11 is 0. The molecule has 148 valence electrons. The fraction of sp³-hybridized carbons (Fsp3) is 0.565. The molecule has 5 rings (SSSR count). The van der Waals surface area contributed by atoms with Gasteiger partial charge in [-0.15, -0.1) is 0 Å². The van der Waals surface area contributed by atoms with E-state index >= 15 is 0 Å². The maximum atomic E-state index is 13.6.